The summed E-state index contributed by atoms with van der Waals surface area (Å²) in [6.45, 7) is 0.122. The summed E-state index contributed by atoms with van der Waals surface area (Å²) in [6, 6.07) is 15.7. The molecule has 0 aliphatic carbocycles. The number of rotatable bonds is 6. The van der Waals surface area contributed by atoms with Crippen molar-refractivity contribution in [1.29, 1.82) is 0 Å². The van der Waals surface area contributed by atoms with Gasteiger partial charge in [-0.15, -0.1) is 0 Å². The molecule has 26 heavy (non-hydrogen) atoms. The van der Waals surface area contributed by atoms with Gasteiger partial charge in [0, 0.05) is 30.3 Å². The quantitative estimate of drug-likeness (QED) is 0.637. The van der Waals surface area contributed by atoms with E-state index in [1.807, 2.05) is 30.3 Å². The first kappa shape index (κ1) is 17.4. The maximum atomic E-state index is 14.4. The van der Waals surface area contributed by atoms with E-state index in [1.54, 1.807) is 24.4 Å². The predicted octanol–water partition coefficient (Wildman–Crippen LogP) is 3.09. The lowest BCUT2D eigenvalue weighted by molar-refractivity contribution is -0.117. The molecule has 4 N–H and O–H groups in total. The fourth-order valence-corrected chi connectivity index (χ4v) is 2.77. The van der Waals surface area contributed by atoms with Gasteiger partial charge in [0.1, 0.15) is 5.82 Å². The molecule has 0 unspecified atom stereocenters. The predicted molar refractivity (Wildman–Crippen MR) is 97.8 cm³/mol. The first-order chi connectivity index (χ1) is 12.6. The number of carbonyl (C=O) groups excluding carboxylic acids is 2. The Kier molecular flexibility index (Phi) is 5.12. The monoisotopic (exact) mass is 351 g/mol. The molecule has 6 heteroatoms. The lowest BCUT2D eigenvalue weighted by Crippen LogP contribution is -2.28. The molecule has 132 valence electrons. The molecule has 0 atom stereocenters. The number of nitrogens with two attached hydrogens (primary N) is 1. The zero-order valence-corrected chi connectivity index (χ0v) is 14.0. The SMILES string of the molecule is NC(=O)CCNC(=O)c1c[nH]c(-c2ccccc2)c1-c1ccccc1F. The fourth-order valence-electron chi connectivity index (χ4n) is 2.77. The summed E-state index contributed by atoms with van der Waals surface area (Å²) >= 11 is 0. The van der Waals surface area contributed by atoms with Crippen molar-refractivity contribution in [2.75, 3.05) is 6.54 Å². The van der Waals surface area contributed by atoms with E-state index >= 15 is 0 Å². The van der Waals surface area contributed by atoms with Crippen LogP contribution in [-0.4, -0.2) is 23.3 Å². The van der Waals surface area contributed by atoms with Crippen LogP contribution >= 0.6 is 0 Å². The molecule has 0 bridgehead atoms. The smallest absolute Gasteiger partial charge is 0.253 e. The molecule has 3 aromatic rings. The minimum absolute atomic E-state index is 0.0384. The van der Waals surface area contributed by atoms with Crippen LogP contribution in [0.3, 0.4) is 0 Å². The maximum absolute atomic E-state index is 14.4. The van der Waals surface area contributed by atoms with Crippen LogP contribution in [0.5, 0.6) is 0 Å². The van der Waals surface area contributed by atoms with Crippen LogP contribution in [0.15, 0.2) is 60.8 Å². The Morgan fingerprint density at radius 2 is 1.73 bits per heavy atom. The normalized spacial score (nSPS) is 10.5. The molecular weight excluding hydrogens is 333 g/mol. The highest BCUT2D eigenvalue weighted by Crippen LogP contribution is 2.35. The first-order valence-corrected chi connectivity index (χ1v) is 8.16. The van der Waals surface area contributed by atoms with Gasteiger partial charge in [0.2, 0.25) is 5.91 Å². The van der Waals surface area contributed by atoms with Crippen molar-refractivity contribution in [1.82, 2.24) is 10.3 Å². The van der Waals surface area contributed by atoms with Gasteiger partial charge in [-0.3, -0.25) is 9.59 Å². The molecule has 0 fully saturated rings. The number of hydrogen-bond donors (Lipinski definition) is 3. The summed E-state index contributed by atoms with van der Waals surface area (Å²) in [5.41, 5.74) is 7.68. The second-order valence-corrected chi connectivity index (χ2v) is 5.77. The molecule has 0 saturated carbocycles. The molecule has 0 aliphatic heterocycles. The van der Waals surface area contributed by atoms with E-state index in [-0.39, 0.29) is 13.0 Å². The van der Waals surface area contributed by atoms with Crippen LogP contribution in [0, 0.1) is 5.82 Å². The molecule has 0 radical (unpaired) electrons. The second-order valence-electron chi connectivity index (χ2n) is 5.77. The largest absolute Gasteiger partial charge is 0.370 e. The highest BCUT2D eigenvalue weighted by Gasteiger charge is 2.21. The highest BCUT2D eigenvalue weighted by atomic mass is 19.1. The van der Waals surface area contributed by atoms with Crippen molar-refractivity contribution in [3.63, 3.8) is 0 Å². The Hall–Kier alpha value is -3.41. The van der Waals surface area contributed by atoms with Gasteiger partial charge in [-0.1, -0.05) is 48.5 Å². The average molecular weight is 351 g/mol. The summed E-state index contributed by atoms with van der Waals surface area (Å²) in [5, 5.41) is 2.64. The number of carbonyl (C=O) groups is 2. The van der Waals surface area contributed by atoms with E-state index in [0.717, 1.165) is 5.56 Å². The van der Waals surface area contributed by atoms with E-state index in [1.165, 1.54) is 6.07 Å². The number of benzene rings is 2. The van der Waals surface area contributed by atoms with E-state index in [0.29, 0.717) is 22.4 Å². The van der Waals surface area contributed by atoms with Crippen LogP contribution in [-0.2, 0) is 4.79 Å². The molecule has 3 rings (SSSR count). The van der Waals surface area contributed by atoms with Crippen molar-refractivity contribution in [2.45, 2.75) is 6.42 Å². The van der Waals surface area contributed by atoms with E-state index in [4.69, 9.17) is 5.73 Å². The minimum atomic E-state index is -0.501. The van der Waals surface area contributed by atoms with Gasteiger partial charge in [0.25, 0.3) is 5.91 Å². The Bertz CT molecular complexity index is 935. The molecule has 0 aliphatic rings. The Balaban J connectivity index is 2.05. The third-order valence-electron chi connectivity index (χ3n) is 3.99. The number of H-pyrrole nitrogens is 1. The molecule has 2 amide bonds. The number of aromatic amines is 1. The number of hydrogen-bond acceptors (Lipinski definition) is 2. The molecule has 2 aromatic carbocycles. The lowest BCUT2D eigenvalue weighted by atomic mass is 9.97. The van der Waals surface area contributed by atoms with Crippen LogP contribution in [0.4, 0.5) is 4.39 Å². The van der Waals surface area contributed by atoms with Crippen LogP contribution in [0.1, 0.15) is 16.8 Å². The second kappa shape index (κ2) is 7.65. The van der Waals surface area contributed by atoms with Crippen molar-refractivity contribution < 1.29 is 14.0 Å². The lowest BCUT2D eigenvalue weighted by Gasteiger charge is -2.10. The van der Waals surface area contributed by atoms with Gasteiger partial charge in [-0.25, -0.2) is 4.39 Å². The van der Waals surface area contributed by atoms with Crippen molar-refractivity contribution in [3.05, 3.63) is 72.2 Å². The zero-order chi connectivity index (χ0) is 18.5. The van der Waals surface area contributed by atoms with Gasteiger partial charge in [-0.2, -0.15) is 0 Å². The number of aromatic nitrogens is 1. The summed E-state index contributed by atoms with van der Waals surface area (Å²) in [4.78, 5) is 26.5. The van der Waals surface area contributed by atoms with Crippen LogP contribution < -0.4 is 11.1 Å². The Morgan fingerprint density at radius 3 is 2.42 bits per heavy atom. The third-order valence-corrected chi connectivity index (χ3v) is 3.99. The number of nitrogens with one attached hydrogen (secondary N) is 2. The summed E-state index contributed by atoms with van der Waals surface area (Å²) in [5.74, 6) is -1.32. The number of amides is 2. The minimum Gasteiger partial charge on any atom is -0.370 e. The molecule has 0 spiro atoms. The Labute approximate surface area is 150 Å². The van der Waals surface area contributed by atoms with Crippen molar-refractivity contribution >= 4 is 11.8 Å². The van der Waals surface area contributed by atoms with Gasteiger partial charge in [0.15, 0.2) is 0 Å². The van der Waals surface area contributed by atoms with E-state index < -0.39 is 17.6 Å². The molecule has 5 nitrogen and oxygen atoms in total. The van der Waals surface area contributed by atoms with Gasteiger partial charge >= 0.3 is 0 Å². The van der Waals surface area contributed by atoms with E-state index in [2.05, 4.69) is 10.3 Å². The summed E-state index contributed by atoms with van der Waals surface area (Å²) in [6.07, 6.45) is 1.58. The van der Waals surface area contributed by atoms with Crippen molar-refractivity contribution in [2.24, 2.45) is 5.73 Å². The standard InChI is InChI=1S/C20H18FN3O2/c21-16-9-5-4-8-14(16)18-15(20(26)23-11-10-17(22)25)12-24-19(18)13-6-2-1-3-7-13/h1-9,12,24H,10-11H2,(H2,22,25)(H,23,26). The highest BCUT2D eigenvalue weighted by molar-refractivity contribution is 6.04. The van der Waals surface area contributed by atoms with Crippen LogP contribution in [0.2, 0.25) is 0 Å². The first-order valence-electron chi connectivity index (χ1n) is 8.16. The van der Waals surface area contributed by atoms with E-state index in [9.17, 15) is 14.0 Å². The molecule has 1 aromatic heterocycles. The maximum Gasteiger partial charge on any atom is 0.253 e. The molecule has 1 heterocycles. The summed E-state index contributed by atoms with van der Waals surface area (Å²) in [7, 11) is 0. The summed E-state index contributed by atoms with van der Waals surface area (Å²) < 4.78 is 14.4. The van der Waals surface area contributed by atoms with Gasteiger partial charge < -0.3 is 16.0 Å². The van der Waals surface area contributed by atoms with Gasteiger partial charge in [-0.05, 0) is 11.6 Å². The Morgan fingerprint density at radius 1 is 1.04 bits per heavy atom. The third kappa shape index (κ3) is 3.64. The number of primary amides is 1. The van der Waals surface area contributed by atoms with Gasteiger partial charge in [0.05, 0.1) is 11.3 Å². The molecule has 0 saturated heterocycles. The average Bonchev–Trinajstić information content (AvgIpc) is 3.07. The fraction of sp³-hybridized carbons (Fsp3) is 0.100. The number of halogens is 1. The van der Waals surface area contributed by atoms with Crippen molar-refractivity contribution in [3.8, 4) is 22.4 Å². The topological polar surface area (TPSA) is 88.0 Å². The molecular formula is C20H18FN3O2. The van der Waals surface area contributed by atoms with Crippen LogP contribution in [0.25, 0.3) is 22.4 Å². The zero-order valence-electron chi connectivity index (χ0n) is 14.0.